The predicted molar refractivity (Wildman–Crippen MR) is 60.8 cm³/mol. The van der Waals surface area contributed by atoms with Gasteiger partial charge in [0.15, 0.2) is 0 Å². The number of carboxylic acids is 1. The summed E-state index contributed by atoms with van der Waals surface area (Å²) in [4.78, 5) is 26.2. The fourth-order valence-corrected chi connectivity index (χ4v) is 1.92. The quantitative estimate of drug-likeness (QED) is 0.712. The van der Waals surface area contributed by atoms with Gasteiger partial charge < -0.3 is 10.4 Å². The van der Waals surface area contributed by atoms with E-state index in [9.17, 15) is 9.59 Å². The number of carboxylic acid groups (broad SMARTS) is 1. The fraction of sp³-hybridized carbons (Fsp3) is 0.500. The normalized spacial score (nSPS) is 16.4. The molecule has 1 aliphatic rings. The number of aromatic nitrogens is 3. The van der Waals surface area contributed by atoms with Gasteiger partial charge in [-0.05, 0) is 19.3 Å². The van der Waals surface area contributed by atoms with Crippen LogP contribution in [0.15, 0.2) is 12.4 Å². The van der Waals surface area contributed by atoms with E-state index < -0.39 is 17.5 Å². The van der Waals surface area contributed by atoms with Crippen LogP contribution < -0.4 is 10.6 Å². The molecule has 0 spiro atoms. The molecular formula is C10H13N5O3. The van der Waals surface area contributed by atoms with Crippen LogP contribution in [0.1, 0.15) is 25.7 Å². The molecule has 1 aromatic heterocycles. The van der Waals surface area contributed by atoms with Crippen molar-refractivity contribution in [2.75, 3.05) is 5.32 Å². The lowest BCUT2D eigenvalue weighted by Gasteiger charge is -2.41. The fourth-order valence-electron chi connectivity index (χ4n) is 1.92. The summed E-state index contributed by atoms with van der Waals surface area (Å²) in [6, 6.07) is -0.510. The molecular weight excluding hydrogens is 238 g/mol. The van der Waals surface area contributed by atoms with Crippen LogP contribution in [-0.4, -0.2) is 37.8 Å². The van der Waals surface area contributed by atoms with Gasteiger partial charge in [-0.25, -0.2) is 9.78 Å². The number of hydrogen-bond donors (Lipinski definition) is 3. The lowest BCUT2D eigenvalue weighted by Crippen LogP contribution is -2.55. The first-order chi connectivity index (χ1) is 8.60. The Bertz CT molecular complexity index is 446. The van der Waals surface area contributed by atoms with E-state index in [4.69, 9.17) is 5.11 Å². The molecule has 18 heavy (non-hydrogen) atoms. The van der Waals surface area contributed by atoms with Gasteiger partial charge >= 0.3 is 12.0 Å². The van der Waals surface area contributed by atoms with E-state index in [1.165, 1.54) is 12.4 Å². The van der Waals surface area contributed by atoms with Crippen molar-refractivity contribution in [2.45, 2.75) is 31.2 Å². The monoisotopic (exact) mass is 251 g/mol. The van der Waals surface area contributed by atoms with Crippen LogP contribution in [-0.2, 0) is 4.79 Å². The van der Waals surface area contributed by atoms with Gasteiger partial charge in [0.05, 0.1) is 24.4 Å². The smallest absolute Gasteiger partial charge is 0.322 e. The number of nitrogens with one attached hydrogen (secondary N) is 2. The van der Waals surface area contributed by atoms with Gasteiger partial charge in [0, 0.05) is 0 Å². The molecule has 0 saturated heterocycles. The molecule has 0 bridgehead atoms. The molecule has 0 radical (unpaired) electrons. The molecule has 2 amide bonds. The third-order valence-electron chi connectivity index (χ3n) is 2.89. The van der Waals surface area contributed by atoms with E-state index in [0.717, 1.165) is 6.42 Å². The maximum absolute atomic E-state index is 11.7. The van der Waals surface area contributed by atoms with Crippen LogP contribution >= 0.6 is 0 Å². The third kappa shape index (κ3) is 2.90. The van der Waals surface area contributed by atoms with Gasteiger partial charge in [-0.15, -0.1) is 5.10 Å². The zero-order valence-electron chi connectivity index (χ0n) is 9.59. The van der Waals surface area contributed by atoms with Crippen LogP contribution in [0.5, 0.6) is 0 Å². The molecule has 96 valence electrons. The van der Waals surface area contributed by atoms with Crippen molar-refractivity contribution in [1.82, 2.24) is 20.5 Å². The minimum absolute atomic E-state index is 0.0751. The standard InChI is InChI=1S/C10H13N5O3/c16-7(17)6-10(2-1-3-10)14-9(18)13-8-11-4-5-12-15-8/h4-5H,1-3,6H2,(H,16,17)(H2,11,13,14,15,18). The molecule has 1 fully saturated rings. The zero-order valence-corrected chi connectivity index (χ0v) is 9.59. The number of nitrogens with zero attached hydrogens (tertiary/aromatic N) is 3. The van der Waals surface area contributed by atoms with E-state index in [2.05, 4.69) is 25.8 Å². The lowest BCUT2D eigenvalue weighted by atomic mass is 9.74. The minimum atomic E-state index is -0.923. The molecule has 1 saturated carbocycles. The highest BCUT2D eigenvalue weighted by Gasteiger charge is 2.40. The molecule has 1 aliphatic carbocycles. The van der Waals surface area contributed by atoms with Gasteiger partial charge in [-0.2, -0.15) is 5.10 Å². The average molecular weight is 251 g/mol. The molecule has 1 heterocycles. The largest absolute Gasteiger partial charge is 0.481 e. The number of rotatable bonds is 4. The second-order valence-electron chi connectivity index (χ2n) is 4.25. The Morgan fingerprint density at radius 3 is 2.67 bits per heavy atom. The number of hydrogen-bond acceptors (Lipinski definition) is 5. The molecule has 8 nitrogen and oxygen atoms in total. The Hall–Kier alpha value is -2.25. The number of carbonyl (C=O) groups excluding carboxylic acids is 1. The first-order valence-electron chi connectivity index (χ1n) is 5.54. The van der Waals surface area contributed by atoms with Crippen molar-refractivity contribution in [3.8, 4) is 0 Å². The first-order valence-corrected chi connectivity index (χ1v) is 5.54. The molecule has 2 rings (SSSR count). The van der Waals surface area contributed by atoms with Crippen molar-refractivity contribution in [1.29, 1.82) is 0 Å². The maximum Gasteiger partial charge on any atom is 0.322 e. The number of amides is 2. The van der Waals surface area contributed by atoms with Gasteiger partial charge in [-0.3, -0.25) is 10.1 Å². The maximum atomic E-state index is 11.7. The topological polar surface area (TPSA) is 117 Å². The van der Waals surface area contributed by atoms with E-state index >= 15 is 0 Å². The second-order valence-corrected chi connectivity index (χ2v) is 4.25. The SMILES string of the molecule is O=C(O)CC1(NC(=O)Nc2nccnn2)CCC1. The van der Waals surface area contributed by atoms with Crippen LogP contribution in [0, 0.1) is 0 Å². The van der Waals surface area contributed by atoms with E-state index in [1.807, 2.05) is 0 Å². The summed E-state index contributed by atoms with van der Waals surface area (Å²) in [6.45, 7) is 0. The molecule has 8 heteroatoms. The third-order valence-corrected chi connectivity index (χ3v) is 2.89. The van der Waals surface area contributed by atoms with E-state index in [1.54, 1.807) is 0 Å². The van der Waals surface area contributed by atoms with Gasteiger partial charge in [0.1, 0.15) is 0 Å². The van der Waals surface area contributed by atoms with Crippen LogP contribution in [0.25, 0.3) is 0 Å². The van der Waals surface area contributed by atoms with Crippen molar-refractivity contribution < 1.29 is 14.7 Å². The average Bonchev–Trinajstić information content (AvgIpc) is 2.26. The number of aliphatic carboxylic acids is 1. The van der Waals surface area contributed by atoms with Gasteiger partial charge in [0.25, 0.3) is 5.95 Å². The molecule has 0 atom stereocenters. The van der Waals surface area contributed by atoms with Crippen LogP contribution in [0.3, 0.4) is 0 Å². The van der Waals surface area contributed by atoms with Gasteiger partial charge in [0.2, 0.25) is 0 Å². The summed E-state index contributed by atoms with van der Waals surface area (Å²) in [5.41, 5.74) is -0.641. The summed E-state index contributed by atoms with van der Waals surface area (Å²) in [5, 5.41) is 21.1. The Labute approximate surface area is 103 Å². The number of anilines is 1. The Morgan fingerprint density at radius 1 is 1.39 bits per heavy atom. The summed E-state index contributed by atoms with van der Waals surface area (Å²) in [6.07, 6.45) is 4.96. The minimum Gasteiger partial charge on any atom is -0.481 e. The van der Waals surface area contributed by atoms with Crippen molar-refractivity contribution in [3.63, 3.8) is 0 Å². The summed E-state index contributed by atoms with van der Waals surface area (Å²) in [7, 11) is 0. The Kier molecular flexibility index (Phi) is 3.35. The predicted octanol–water partition coefficient (Wildman–Crippen LogP) is 0.390. The van der Waals surface area contributed by atoms with Gasteiger partial charge in [-0.1, -0.05) is 0 Å². The molecule has 0 aliphatic heterocycles. The zero-order chi connectivity index (χ0) is 13.0. The van der Waals surface area contributed by atoms with Crippen LogP contribution in [0.4, 0.5) is 10.7 Å². The Balaban J connectivity index is 1.92. The van der Waals surface area contributed by atoms with Crippen molar-refractivity contribution in [3.05, 3.63) is 12.4 Å². The Morgan fingerprint density at radius 2 is 2.17 bits per heavy atom. The first kappa shape index (κ1) is 12.2. The summed E-state index contributed by atoms with van der Waals surface area (Å²) in [5.74, 6) is -0.840. The number of carbonyl (C=O) groups is 2. The molecule has 3 N–H and O–H groups in total. The molecule has 0 unspecified atom stereocenters. The highest BCUT2D eigenvalue weighted by Crippen LogP contribution is 2.34. The summed E-state index contributed by atoms with van der Waals surface area (Å²) < 4.78 is 0. The van der Waals surface area contributed by atoms with E-state index in [-0.39, 0.29) is 12.4 Å². The molecule has 1 aromatic rings. The summed E-state index contributed by atoms with van der Waals surface area (Å²) >= 11 is 0. The van der Waals surface area contributed by atoms with Crippen molar-refractivity contribution in [2.24, 2.45) is 0 Å². The molecule has 0 aromatic carbocycles. The second kappa shape index (κ2) is 4.94. The highest BCUT2D eigenvalue weighted by molar-refractivity contribution is 5.88. The van der Waals surface area contributed by atoms with Crippen LogP contribution in [0.2, 0.25) is 0 Å². The number of urea groups is 1. The van der Waals surface area contributed by atoms with Crippen molar-refractivity contribution >= 4 is 17.9 Å². The highest BCUT2D eigenvalue weighted by atomic mass is 16.4. The lowest BCUT2D eigenvalue weighted by molar-refractivity contribution is -0.139. The van der Waals surface area contributed by atoms with E-state index in [0.29, 0.717) is 12.8 Å².